The van der Waals surface area contributed by atoms with Crippen LogP contribution in [0.2, 0.25) is 0 Å². The van der Waals surface area contributed by atoms with Gasteiger partial charge >= 0.3 is 0 Å². The van der Waals surface area contributed by atoms with Gasteiger partial charge in [-0.25, -0.2) is 0 Å². The first kappa shape index (κ1) is 18.0. The minimum Gasteiger partial charge on any atom is -0.507 e. The predicted molar refractivity (Wildman–Crippen MR) is 78.9 cm³/mol. The molecule has 0 heterocycles. The molecule has 1 rings (SSSR count). The van der Waals surface area contributed by atoms with Crippen LogP contribution in [0.15, 0.2) is 18.2 Å². The van der Waals surface area contributed by atoms with E-state index in [2.05, 4.69) is 13.8 Å². The molecular weight excluding hydrogens is 266 g/mol. The largest absolute Gasteiger partial charge is 0.507 e. The van der Waals surface area contributed by atoms with Crippen molar-refractivity contribution < 1.29 is 14.9 Å². The Kier molecular flexibility index (Phi) is 7.83. The van der Waals surface area contributed by atoms with Crippen LogP contribution in [0.1, 0.15) is 38.3 Å². The third kappa shape index (κ3) is 5.27. The molecular formula is C14H24ClNO3. The van der Waals surface area contributed by atoms with Crippen molar-refractivity contribution in [3.63, 3.8) is 0 Å². The van der Waals surface area contributed by atoms with Gasteiger partial charge in [-0.2, -0.15) is 0 Å². The summed E-state index contributed by atoms with van der Waals surface area (Å²) in [5.41, 5.74) is 6.51. The first-order valence-electron chi connectivity index (χ1n) is 6.26. The molecule has 0 fully saturated rings. The lowest BCUT2D eigenvalue weighted by molar-refractivity contribution is 0.127. The van der Waals surface area contributed by atoms with Gasteiger partial charge < -0.3 is 20.7 Å². The number of hydrogen-bond acceptors (Lipinski definition) is 4. The lowest BCUT2D eigenvalue weighted by Crippen LogP contribution is -2.26. The van der Waals surface area contributed by atoms with E-state index in [1.807, 2.05) is 0 Å². The number of aliphatic hydroxyl groups is 1. The molecule has 4 nitrogen and oxygen atoms in total. The summed E-state index contributed by atoms with van der Waals surface area (Å²) in [6.07, 6.45) is 0.891. The molecule has 0 radical (unpaired) electrons. The van der Waals surface area contributed by atoms with Crippen molar-refractivity contribution in [2.24, 2.45) is 11.7 Å². The molecule has 0 bridgehead atoms. The lowest BCUT2D eigenvalue weighted by atomic mass is 9.95. The van der Waals surface area contributed by atoms with Gasteiger partial charge in [0.2, 0.25) is 0 Å². The number of halogens is 1. The Balaban J connectivity index is 0.00000324. The fraction of sp³-hybridized carbons (Fsp3) is 0.571. The highest BCUT2D eigenvalue weighted by atomic mass is 35.5. The summed E-state index contributed by atoms with van der Waals surface area (Å²) in [6.45, 7) is 4.20. The van der Waals surface area contributed by atoms with E-state index in [1.165, 1.54) is 13.2 Å². The van der Waals surface area contributed by atoms with Gasteiger partial charge in [-0.3, -0.25) is 0 Å². The molecule has 2 atom stereocenters. The molecule has 0 aromatic heterocycles. The number of rotatable bonds is 6. The Morgan fingerprint density at radius 1 is 1.26 bits per heavy atom. The SMILES string of the molecule is COc1ccc([C@H](N)[C@H](O)CCC(C)C)c(O)c1.Cl. The average molecular weight is 290 g/mol. The van der Waals surface area contributed by atoms with E-state index in [0.717, 1.165) is 6.42 Å². The van der Waals surface area contributed by atoms with E-state index >= 15 is 0 Å². The third-order valence-electron chi connectivity index (χ3n) is 3.05. The fourth-order valence-electron chi connectivity index (χ4n) is 1.82. The maximum atomic E-state index is 10.0. The molecule has 1 aromatic carbocycles. The van der Waals surface area contributed by atoms with Crippen LogP contribution in [0.3, 0.4) is 0 Å². The molecule has 0 aliphatic carbocycles. The van der Waals surface area contributed by atoms with Gasteiger partial charge in [-0.05, 0) is 30.9 Å². The molecule has 0 unspecified atom stereocenters. The van der Waals surface area contributed by atoms with Gasteiger partial charge in [0.05, 0.1) is 19.3 Å². The van der Waals surface area contributed by atoms with E-state index < -0.39 is 12.1 Å². The van der Waals surface area contributed by atoms with Crippen LogP contribution in [0.25, 0.3) is 0 Å². The third-order valence-corrected chi connectivity index (χ3v) is 3.05. The Morgan fingerprint density at radius 2 is 1.89 bits per heavy atom. The minimum absolute atomic E-state index is 0. The Morgan fingerprint density at radius 3 is 2.37 bits per heavy atom. The van der Waals surface area contributed by atoms with Crippen molar-refractivity contribution in [2.75, 3.05) is 7.11 Å². The van der Waals surface area contributed by atoms with E-state index in [1.54, 1.807) is 12.1 Å². The molecule has 1 aromatic rings. The van der Waals surface area contributed by atoms with Gasteiger partial charge in [0, 0.05) is 11.6 Å². The topological polar surface area (TPSA) is 75.7 Å². The second kappa shape index (κ2) is 8.25. The monoisotopic (exact) mass is 289 g/mol. The first-order valence-corrected chi connectivity index (χ1v) is 6.26. The summed E-state index contributed by atoms with van der Waals surface area (Å²) >= 11 is 0. The van der Waals surface area contributed by atoms with Crippen molar-refractivity contribution in [1.29, 1.82) is 0 Å². The number of aliphatic hydroxyl groups excluding tert-OH is 1. The molecule has 5 heteroatoms. The highest BCUT2D eigenvalue weighted by molar-refractivity contribution is 5.85. The number of aromatic hydroxyl groups is 1. The molecule has 0 saturated carbocycles. The number of phenolic OH excluding ortho intramolecular Hbond substituents is 1. The zero-order valence-corrected chi connectivity index (χ0v) is 12.5. The van der Waals surface area contributed by atoms with Crippen molar-refractivity contribution >= 4 is 12.4 Å². The maximum absolute atomic E-state index is 10.0. The fourth-order valence-corrected chi connectivity index (χ4v) is 1.82. The molecule has 4 N–H and O–H groups in total. The Bertz CT molecular complexity index is 385. The summed E-state index contributed by atoms with van der Waals surface area (Å²) < 4.78 is 5.01. The van der Waals surface area contributed by atoms with Crippen LogP contribution in [-0.4, -0.2) is 23.4 Å². The summed E-state index contributed by atoms with van der Waals surface area (Å²) in [7, 11) is 1.53. The van der Waals surface area contributed by atoms with E-state index in [9.17, 15) is 10.2 Å². The van der Waals surface area contributed by atoms with E-state index in [4.69, 9.17) is 10.5 Å². The molecule has 0 saturated heterocycles. The second-order valence-corrected chi connectivity index (χ2v) is 4.99. The van der Waals surface area contributed by atoms with Crippen molar-refractivity contribution in [1.82, 2.24) is 0 Å². The highest BCUT2D eigenvalue weighted by Gasteiger charge is 2.20. The Hall–Kier alpha value is -0.970. The number of hydrogen-bond donors (Lipinski definition) is 3. The molecule has 0 aliphatic heterocycles. The first-order chi connectivity index (χ1) is 8.45. The van der Waals surface area contributed by atoms with Crippen molar-refractivity contribution in [3.05, 3.63) is 23.8 Å². The number of phenols is 1. The molecule has 0 aliphatic rings. The summed E-state index contributed by atoms with van der Waals surface area (Å²) in [4.78, 5) is 0. The number of nitrogens with two attached hydrogens (primary N) is 1. The molecule has 0 spiro atoms. The van der Waals surface area contributed by atoms with Crippen LogP contribution < -0.4 is 10.5 Å². The minimum atomic E-state index is -0.647. The van der Waals surface area contributed by atoms with Gasteiger partial charge in [-0.1, -0.05) is 13.8 Å². The predicted octanol–water partition coefficient (Wildman–Crippen LogP) is 2.62. The van der Waals surface area contributed by atoms with Crippen LogP contribution in [0.5, 0.6) is 11.5 Å². The number of ether oxygens (including phenoxy) is 1. The highest BCUT2D eigenvalue weighted by Crippen LogP contribution is 2.30. The lowest BCUT2D eigenvalue weighted by Gasteiger charge is -2.21. The second-order valence-electron chi connectivity index (χ2n) is 4.99. The zero-order chi connectivity index (χ0) is 13.7. The molecule has 0 amide bonds. The average Bonchev–Trinajstić information content (AvgIpc) is 2.34. The number of benzene rings is 1. The summed E-state index contributed by atoms with van der Waals surface area (Å²) in [5, 5.41) is 19.9. The van der Waals surface area contributed by atoms with E-state index in [0.29, 0.717) is 23.7 Å². The zero-order valence-electron chi connectivity index (χ0n) is 11.7. The molecule has 19 heavy (non-hydrogen) atoms. The summed E-state index contributed by atoms with van der Waals surface area (Å²) in [5.74, 6) is 1.15. The number of methoxy groups -OCH3 is 1. The van der Waals surface area contributed by atoms with Crippen LogP contribution >= 0.6 is 12.4 Å². The van der Waals surface area contributed by atoms with Crippen molar-refractivity contribution in [3.8, 4) is 11.5 Å². The Labute approximate surface area is 121 Å². The van der Waals surface area contributed by atoms with Gasteiger partial charge in [0.25, 0.3) is 0 Å². The van der Waals surface area contributed by atoms with Crippen LogP contribution in [-0.2, 0) is 0 Å². The maximum Gasteiger partial charge on any atom is 0.124 e. The van der Waals surface area contributed by atoms with Gasteiger partial charge in [0.15, 0.2) is 0 Å². The van der Waals surface area contributed by atoms with E-state index in [-0.39, 0.29) is 18.2 Å². The summed E-state index contributed by atoms with van der Waals surface area (Å²) in [6, 6.07) is 4.35. The van der Waals surface area contributed by atoms with Crippen LogP contribution in [0.4, 0.5) is 0 Å². The van der Waals surface area contributed by atoms with Crippen molar-refractivity contribution in [2.45, 2.75) is 38.8 Å². The standard InChI is InChI=1S/C14H23NO3.ClH/c1-9(2)4-7-12(16)14(15)11-6-5-10(18-3)8-13(11)17;/h5-6,8-9,12,14,16-17H,4,7,15H2,1-3H3;1H/t12-,14+;/m1./s1. The molecule has 110 valence electrons. The smallest absolute Gasteiger partial charge is 0.124 e. The normalized spacial score (nSPS) is 13.8. The van der Waals surface area contributed by atoms with Gasteiger partial charge in [-0.15, -0.1) is 12.4 Å². The quantitative estimate of drug-likeness (QED) is 0.752. The van der Waals surface area contributed by atoms with Crippen LogP contribution in [0, 0.1) is 5.92 Å². The van der Waals surface area contributed by atoms with Gasteiger partial charge in [0.1, 0.15) is 11.5 Å².